The summed E-state index contributed by atoms with van der Waals surface area (Å²) in [5.74, 6) is -0.366. The van der Waals surface area contributed by atoms with Gasteiger partial charge in [-0.2, -0.15) is 0 Å². The molecule has 1 fully saturated rings. The Morgan fingerprint density at radius 2 is 2.21 bits per heavy atom. The van der Waals surface area contributed by atoms with Crippen LogP contribution in [0.3, 0.4) is 0 Å². The molecular weight excluding hydrogens is 314 g/mol. The number of piperidine rings is 1. The number of carbonyl (C=O) groups is 2. The van der Waals surface area contributed by atoms with Crippen molar-refractivity contribution in [2.24, 2.45) is 11.7 Å². The number of nitrogens with one attached hydrogen (secondary N) is 2. The Labute approximate surface area is 139 Å². The maximum absolute atomic E-state index is 12.3. The van der Waals surface area contributed by atoms with E-state index in [0.717, 1.165) is 12.8 Å². The van der Waals surface area contributed by atoms with E-state index in [-0.39, 0.29) is 23.5 Å². The van der Waals surface area contributed by atoms with Crippen molar-refractivity contribution in [1.29, 1.82) is 0 Å². The summed E-state index contributed by atoms with van der Waals surface area (Å²) in [6.45, 7) is 1.64. The monoisotopic (exact) mass is 335 g/mol. The zero-order valence-corrected chi connectivity index (χ0v) is 13.2. The smallest absolute Gasteiger partial charge is 0.321 e. The number of urea groups is 1. The number of rotatable bonds is 5. The first-order chi connectivity index (χ1) is 11.5. The Balaban J connectivity index is 1.95. The molecule has 2 rings (SSSR count). The third kappa shape index (κ3) is 4.66. The Morgan fingerprint density at radius 3 is 2.92 bits per heavy atom. The van der Waals surface area contributed by atoms with Gasteiger partial charge in [0, 0.05) is 44.0 Å². The maximum atomic E-state index is 12.3. The number of nitrogens with two attached hydrogens (primary N) is 1. The molecule has 1 atom stereocenters. The average molecular weight is 335 g/mol. The molecule has 1 aromatic carbocycles. The molecule has 9 heteroatoms. The summed E-state index contributed by atoms with van der Waals surface area (Å²) in [5, 5.41) is 16.1. The fourth-order valence-electron chi connectivity index (χ4n) is 2.62. The topological polar surface area (TPSA) is 131 Å². The van der Waals surface area contributed by atoms with Crippen LogP contribution < -0.4 is 16.4 Å². The average Bonchev–Trinajstić information content (AvgIpc) is 2.60. The van der Waals surface area contributed by atoms with E-state index in [1.807, 2.05) is 0 Å². The van der Waals surface area contributed by atoms with Crippen LogP contribution in [0.5, 0.6) is 0 Å². The van der Waals surface area contributed by atoms with Gasteiger partial charge >= 0.3 is 6.03 Å². The number of hydrogen-bond acceptors (Lipinski definition) is 5. The second-order valence-corrected chi connectivity index (χ2v) is 5.60. The number of nitro benzene ring substituents is 1. The molecule has 1 aromatic rings. The van der Waals surface area contributed by atoms with Gasteiger partial charge in [-0.1, -0.05) is 6.07 Å². The minimum absolute atomic E-state index is 0.0921. The number of non-ortho nitro benzene ring substituents is 1. The first-order valence-electron chi connectivity index (χ1n) is 7.79. The van der Waals surface area contributed by atoms with Gasteiger partial charge in [-0.15, -0.1) is 0 Å². The number of nitro groups is 1. The molecule has 130 valence electrons. The number of amides is 3. The molecule has 24 heavy (non-hydrogen) atoms. The van der Waals surface area contributed by atoms with E-state index in [1.54, 1.807) is 11.0 Å². The second kappa shape index (κ2) is 8.25. The summed E-state index contributed by atoms with van der Waals surface area (Å²) in [6.07, 6.45) is 1.44. The molecule has 1 aliphatic heterocycles. The summed E-state index contributed by atoms with van der Waals surface area (Å²) < 4.78 is 0. The number of likely N-dealkylation sites (tertiary alicyclic amines) is 1. The van der Waals surface area contributed by atoms with Crippen LogP contribution >= 0.6 is 0 Å². The van der Waals surface area contributed by atoms with Crippen molar-refractivity contribution in [2.45, 2.75) is 12.8 Å². The lowest BCUT2D eigenvalue weighted by atomic mass is 9.97. The first kappa shape index (κ1) is 17.7. The van der Waals surface area contributed by atoms with E-state index in [9.17, 15) is 19.7 Å². The van der Waals surface area contributed by atoms with Gasteiger partial charge in [0.2, 0.25) is 5.91 Å². The van der Waals surface area contributed by atoms with Crippen LogP contribution in [0.25, 0.3) is 0 Å². The third-order valence-corrected chi connectivity index (χ3v) is 3.83. The largest absolute Gasteiger partial charge is 0.355 e. The van der Waals surface area contributed by atoms with E-state index in [0.29, 0.717) is 31.9 Å². The fraction of sp³-hybridized carbons (Fsp3) is 0.467. The van der Waals surface area contributed by atoms with Gasteiger partial charge in [0.15, 0.2) is 0 Å². The van der Waals surface area contributed by atoms with E-state index in [1.165, 1.54) is 18.2 Å². The summed E-state index contributed by atoms with van der Waals surface area (Å²) in [7, 11) is 0. The second-order valence-electron chi connectivity index (χ2n) is 5.60. The van der Waals surface area contributed by atoms with Crippen molar-refractivity contribution in [2.75, 3.05) is 31.5 Å². The quantitative estimate of drug-likeness (QED) is 0.544. The van der Waals surface area contributed by atoms with Crippen LogP contribution in [-0.2, 0) is 4.79 Å². The van der Waals surface area contributed by atoms with E-state index >= 15 is 0 Å². The van der Waals surface area contributed by atoms with Crippen LogP contribution in [0.2, 0.25) is 0 Å². The molecule has 0 aromatic heterocycles. The number of carbonyl (C=O) groups excluding carboxylic acids is 2. The molecule has 0 spiro atoms. The predicted octanol–water partition coefficient (Wildman–Crippen LogP) is 0.914. The van der Waals surface area contributed by atoms with Crippen molar-refractivity contribution in [3.05, 3.63) is 34.4 Å². The molecule has 1 heterocycles. The van der Waals surface area contributed by atoms with Gasteiger partial charge in [0.25, 0.3) is 5.69 Å². The lowest BCUT2D eigenvalue weighted by molar-refractivity contribution is -0.384. The lowest BCUT2D eigenvalue weighted by Crippen LogP contribution is -2.47. The summed E-state index contributed by atoms with van der Waals surface area (Å²) in [5.41, 5.74) is 5.62. The van der Waals surface area contributed by atoms with Gasteiger partial charge in [0.1, 0.15) is 0 Å². The normalized spacial score (nSPS) is 17.2. The molecular formula is C15H21N5O4. The summed E-state index contributed by atoms with van der Waals surface area (Å²) in [6, 6.07) is 5.38. The van der Waals surface area contributed by atoms with E-state index < -0.39 is 4.92 Å². The SMILES string of the molecule is NCCNC(=O)C1CCCN(C(=O)Nc2cccc([N+](=O)[O-])c2)C1. The molecule has 9 nitrogen and oxygen atoms in total. The maximum Gasteiger partial charge on any atom is 0.321 e. The molecule has 0 radical (unpaired) electrons. The van der Waals surface area contributed by atoms with E-state index in [4.69, 9.17) is 5.73 Å². The molecule has 1 unspecified atom stereocenters. The number of hydrogen-bond donors (Lipinski definition) is 3. The Bertz CT molecular complexity index is 622. The first-order valence-corrected chi connectivity index (χ1v) is 7.79. The molecule has 0 saturated carbocycles. The van der Waals surface area contributed by atoms with Crippen molar-refractivity contribution in [1.82, 2.24) is 10.2 Å². The van der Waals surface area contributed by atoms with Crippen LogP contribution in [0.1, 0.15) is 12.8 Å². The highest BCUT2D eigenvalue weighted by molar-refractivity contribution is 5.90. The fourth-order valence-corrected chi connectivity index (χ4v) is 2.62. The van der Waals surface area contributed by atoms with Crippen molar-refractivity contribution in [3.63, 3.8) is 0 Å². The number of benzene rings is 1. The molecule has 4 N–H and O–H groups in total. The molecule has 1 aliphatic rings. The van der Waals surface area contributed by atoms with Gasteiger partial charge in [0.05, 0.1) is 10.8 Å². The van der Waals surface area contributed by atoms with Gasteiger partial charge in [-0.05, 0) is 18.9 Å². The van der Waals surface area contributed by atoms with Gasteiger partial charge < -0.3 is 21.3 Å². The number of anilines is 1. The van der Waals surface area contributed by atoms with E-state index in [2.05, 4.69) is 10.6 Å². The molecule has 0 bridgehead atoms. The molecule has 1 saturated heterocycles. The van der Waals surface area contributed by atoms with Crippen LogP contribution in [-0.4, -0.2) is 47.9 Å². The highest BCUT2D eigenvalue weighted by Gasteiger charge is 2.28. The van der Waals surface area contributed by atoms with Gasteiger partial charge in [-0.3, -0.25) is 14.9 Å². The minimum atomic E-state index is -0.519. The minimum Gasteiger partial charge on any atom is -0.355 e. The predicted molar refractivity (Wildman–Crippen MR) is 88.5 cm³/mol. The standard InChI is InChI=1S/C15H21N5O4/c16-6-7-17-14(21)11-3-2-8-19(10-11)15(22)18-12-4-1-5-13(9-12)20(23)24/h1,4-5,9,11H,2-3,6-8,10,16H2,(H,17,21)(H,18,22). The highest BCUT2D eigenvalue weighted by atomic mass is 16.6. The third-order valence-electron chi connectivity index (χ3n) is 3.83. The van der Waals surface area contributed by atoms with Crippen molar-refractivity contribution in [3.8, 4) is 0 Å². The number of nitrogens with zero attached hydrogens (tertiary/aromatic N) is 2. The van der Waals surface area contributed by atoms with Crippen LogP contribution in [0, 0.1) is 16.0 Å². The zero-order valence-electron chi connectivity index (χ0n) is 13.2. The lowest BCUT2D eigenvalue weighted by Gasteiger charge is -2.32. The Kier molecular flexibility index (Phi) is 6.07. The Morgan fingerprint density at radius 1 is 1.42 bits per heavy atom. The van der Waals surface area contributed by atoms with Crippen LogP contribution in [0.15, 0.2) is 24.3 Å². The van der Waals surface area contributed by atoms with Gasteiger partial charge in [-0.25, -0.2) is 4.79 Å². The van der Waals surface area contributed by atoms with Crippen molar-refractivity contribution >= 4 is 23.3 Å². The van der Waals surface area contributed by atoms with Crippen LogP contribution in [0.4, 0.5) is 16.2 Å². The zero-order chi connectivity index (χ0) is 17.5. The summed E-state index contributed by atoms with van der Waals surface area (Å²) >= 11 is 0. The Hall–Kier alpha value is -2.68. The summed E-state index contributed by atoms with van der Waals surface area (Å²) in [4.78, 5) is 36.1. The highest BCUT2D eigenvalue weighted by Crippen LogP contribution is 2.20. The molecule has 3 amide bonds. The van der Waals surface area contributed by atoms with Crippen molar-refractivity contribution < 1.29 is 14.5 Å². The molecule has 0 aliphatic carbocycles.